The summed E-state index contributed by atoms with van der Waals surface area (Å²) in [5.41, 5.74) is 5.87. The summed E-state index contributed by atoms with van der Waals surface area (Å²) < 4.78 is 5.37. The summed E-state index contributed by atoms with van der Waals surface area (Å²) in [4.78, 5) is 15.8. The van der Waals surface area contributed by atoms with Crippen LogP contribution in [-0.2, 0) is 4.74 Å². The van der Waals surface area contributed by atoms with E-state index in [-0.39, 0.29) is 23.9 Å². The lowest BCUT2D eigenvalue weighted by atomic mass is 10.1. The highest BCUT2D eigenvalue weighted by Crippen LogP contribution is 2.18. The SMILES string of the molecule is CC1OCCC1NC(=O)c1cc(N)ncc1Cl. The Morgan fingerprint density at radius 2 is 2.47 bits per heavy atom. The van der Waals surface area contributed by atoms with Gasteiger partial charge in [-0.05, 0) is 19.4 Å². The fourth-order valence-electron chi connectivity index (χ4n) is 1.80. The van der Waals surface area contributed by atoms with Crippen molar-refractivity contribution in [2.24, 2.45) is 0 Å². The number of pyridine rings is 1. The van der Waals surface area contributed by atoms with Gasteiger partial charge in [-0.2, -0.15) is 0 Å². The van der Waals surface area contributed by atoms with Gasteiger partial charge in [-0.3, -0.25) is 4.79 Å². The Morgan fingerprint density at radius 1 is 1.71 bits per heavy atom. The molecule has 1 aliphatic heterocycles. The second-order valence-electron chi connectivity index (χ2n) is 4.03. The molecular weight excluding hydrogens is 242 g/mol. The Kier molecular flexibility index (Phi) is 3.49. The number of anilines is 1. The minimum atomic E-state index is -0.244. The van der Waals surface area contributed by atoms with E-state index in [1.807, 2.05) is 6.92 Å². The smallest absolute Gasteiger partial charge is 0.253 e. The summed E-state index contributed by atoms with van der Waals surface area (Å²) in [5.74, 6) is 0.0294. The van der Waals surface area contributed by atoms with Crippen LogP contribution in [0.1, 0.15) is 23.7 Å². The molecule has 17 heavy (non-hydrogen) atoms. The molecule has 2 unspecified atom stereocenters. The number of nitrogen functional groups attached to an aromatic ring is 1. The molecule has 1 amide bonds. The second kappa shape index (κ2) is 4.89. The quantitative estimate of drug-likeness (QED) is 0.833. The Bertz CT molecular complexity index is 439. The molecule has 0 saturated carbocycles. The van der Waals surface area contributed by atoms with Crippen LogP contribution in [0, 0.1) is 0 Å². The molecule has 6 heteroatoms. The Balaban J connectivity index is 2.11. The number of carbonyl (C=O) groups is 1. The number of carbonyl (C=O) groups excluding carboxylic acids is 1. The molecule has 2 atom stereocenters. The number of nitrogens with one attached hydrogen (secondary N) is 1. The molecule has 1 aromatic heterocycles. The van der Waals surface area contributed by atoms with Crippen molar-refractivity contribution in [2.45, 2.75) is 25.5 Å². The van der Waals surface area contributed by atoms with Gasteiger partial charge in [0.1, 0.15) is 5.82 Å². The first-order chi connectivity index (χ1) is 8.08. The van der Waals surface area contributed by atoms with Gasteiger partial charge in [-0.1, -0.05) is 11.6 Å². The molecule has 2 rings (SSSR count). The third kappa shape index (κ3) is 2.68. The number of aromatic nitrogens is 1. The van der Waals surface area contributed by atoms with Crippen LogP contribution in [-0.4, -0.2) is 29.6 Å². The first kappa shape index (κ1) is 12.1. The molecule has 0 radical (unpaired) electrons. The number of hydrogen-bond acceptors (Lipinski definition) is 4. The van der Waals surface area contributed by atoms with Crippen LogP contribution in [0.3, 0.4) is 0 Å². The van der Waals surface area contributed by atoms with Crippen molar-refractivity contribution in [3.63, 3.8) is 0 Å². The number of nitrogens with two attached hydrogens (primary N) is 1. The average molecular weight is 256 g/mol. The highest BCUT2D eigenvalue weighted by Gasteiger charge is 2.26. The van der Waals surface area contributed by atoms with Crippen LogP contribution in [0.2, 0.25) is 5.02 Å². The molecule has 2 heterocycles. The molecule has 0 aliphatic carbocycles. The predicted octanol–water partition coefficient (Wildman–Crippen LogP) is 1.22. The van der Waals surface area contributed by atoms with Crippen molar-refractivity contribution in [2.75, 3.05) is 12.3 Å². The van der Waals surface area contributed by atoms with E-state index in [0.29, 0.717) is 17.2 Å². The number of rotatable bonds is 2. The van der Waals surface area contributed by atoms with Gasteiger partial charge in [-0.25, -0.2) is 4.98 Å². The maximum absolute atomic E-state index is 12.0. The monoisotopic (exact) mass is 255 g/mol. The summed E-state index contributed by atoms with van der Waals surface area (Å²) in [5, 5.41) is 3.18. The summed E-state index contributed by atoms with van der Waals surface area (Å²) in [6.07, 6.45) is 2.21. The number of ether oxygens (including phenoxy) is 1. The van der Waals surface area contributed by atoms with Crippen LogP contribution in [0.4, 0.5) is 5.82 Å². The Morgan fingerprint density at radius 3 is 3.12 bits per heavy atom. The van der Waals surface area contributed by atoms with Crippen LogP contribution in [0.5, 0.6) is 0 Å². The molecule has 92 valence electrons. The van der Waals surface area contributed by atoms with E-state index in [4.69, 9.17) is 22.1 Å². The summed E-state index contributed by atoms with van der Waals surface area (Å²) in [6, 6.07) is 1.49. The van der Waals surface area contributed by atoms with Crippen LogP contribution in [0.25, 0.3) is 0 Å². The lowest BCUT2D eigenvalue weighted by molar-refractivity contribution is 0.0866. The molecule has 0 bridgehead atoms. The molecular formula is C11H14ClN3O2. The van der Waals surface area contributed by atoms with Gasteiger partial charge in [0, 0.05) is 12.8 Å². The zero-order valence-corrected chi connectivity index (χ0v) is 10.2. The largest absolute Gasteiger partial charge is 0.384 e. The third-order valence-electron chi connectivity index (χ3n) is 2.81. The van der Waals surface area contributed by atoms with Gasteiger partial charge >= 0.3 is 0 Å². The van der Waals surface area contributed by atoms with Gasteiger partial charge in [0.25, 0.3) is 5.91 Å². The van der Waals surface area contributed by atoms with Crippen molar-refractivity contribution in [3.8, 4) is 0 Å². The van der Waals surface area contributed by atoms with Gasteiger partial charge in [-0.15, -0.1) is 0 Å². The first-order valence-electron chi connectivity index (χ1n) is 5.41. The minimum Gasteiger partial charge on any atom is -0.384 e. The van der Waals surface area contributed by atoms with Crippen molar-refractivity contribution in [1.29, 1.82) is 0 Å². The maximum Gasteiger partial charge on any atom is 0.253 e. The molecule has 5 nitrogen and oxygen atoms in total. The highest BCUT2D eigenvalue weighted by molar-refractivity contribution is 6.33. The normalized spacial score (nSPS) is 23.6. The van der Waals surface area contributed by atoms with Crippen molar-refractivity contribution in [1.82, 2.24) is 10.3 Å². The van der Waals surface area contributed by atoms with Crippen molar-refractivity contribution in [3.05, 3.63) is 22.8 Å². The van der Waals surface area contributed by atoms with Crippen LogP contribution < -0.4 is 11.1 Å². The van der Waals surface area contributed by atoms with E-state index in [2.05, 4.69) is 10.3 Å². The fraction of sp³-hybridized carbons (Fsp3) is 0.455. The van der Waals surface area contributed by atoms with Crippen LogP contribution >= 0.6 is 11.6 Å². The molecule has 3 N–H and O–H groups in total. The van der Waals surface area contributed by atoms with Gasteiger partial charge in [0.2, 0.25) is 0 Å². The maximum atomic E-state index is 12.0. The molecule has 0 aromatic carbocycles. The van der Waals surface area contributed by atoms with Crippen molar-refractivity contribution >= 4 is 23.3 Å². The second-order valence-corrected chi connectivity index (χ2v) is 4.44. The van der Waals surface area contributed by atoms with E-state index in [0.717, 1.165) is 6.42 Å². The van der Waals surface area contributed by atoms with Gasteiger partial charge in [0.15, 0.2) is 0 Å². The van der Waals surface area contributed by atoms with Crippen molar-refractivity contribution < 1.29 is 9.53 Å². The van der Waals surface area contributed by atoms with E-state index >= 15 is 0 Å². The molecule has 1 aromatic rings. The minimum absolute atomic E-state index is 0.0213. The lowest BCUT2D eigenvalue weighted by Crippen LogP contribution is -2.39. The summed E-state index contributed by atoms with van der Waals surface area (Å²) >= 11 is 5.90. The predicted molar refractivity (Wildman–Crippen MR) is 64.9 cm³/mol. The zero-order valence-electron chi connectivity index (χ0n) is 9.44. The summed E-state index contributed by atoms with van der Waals surface area (Å²) in [6.45, 7) is 2.60. The number of hydrogen-bond donors (Lipinski definition) is 2. The van der Waals surface area contributed by atoms with E-state index in [9.17, 15) is 4.79 Å². The summed E-state index contributed by atoms with van der Waals surface area (Å²) in [7, 11) is 0. The molecule has 1 aliphatic rings. The number of halogens is 1. The Hall–Kier alpha value is -1.33. The zero-order chi connectivity index (χ0) is 12.4. The highest BCUT2D eigenvalue weighted by atomic mass is 35.5. The van der Waals surface area contributed by atoms with Gasteiger partial charge < -0.3 is 15.8 Å². The lowest BCUT2D eigenvalue weighted by Gasteiger charge is -2.16. The first-order valence-corrected chi connectivity index (χ1v) is 5.79. The topological polar surface area (TPSA) is 77.2 Å². The Labute approximate surface area is 104 Å². The number of nitrogens with zero attached hydrogens (tertiary/aromatic N) is 1. The molecule has 1 fully saturated rings. The number of amides is 1. The average Bonchev–Trinajstić information content (AvgIpc) is 2.68. The van der Waals surface area contributed by atoms with E-state index in [1.54, 1.807) is 0 Å². The van der Waals surface area contributed by atoms with E-state index in [1.165, 1.54) is 12.3 Å². The molecule has 0 spiro atoms. The fourth-order valence-corrected chi connectivity index (χ4v) is 1.99. The standard InChI is InChI=1S/C11H14ClN3O2/c1-6-9(2-3-17-6)15-11(16)7-4-10(13)14-5-8(7)12/h4-6,9H,2-3H2,1H3,(H2,13,14)(H,15,16). The van der Waals surface area contributed by atoms with E-state index < -0.39 is 0 Å². The third-order valence-corrected chi connectivity index (χ3v) is 3.12. The van der Waals surface area contributed by atoms with Gasteiger partial charge in [0.05, 0.1) is 22.7 Å². The molecule has 1 saturated heterocycles. The van der Waals surface area contributed by atoms with Crippen LogP contribution in [0.15, 0.2) is 12.3 Å².